The third-order valence-corrected chi connectivity index (χ3v) is 4.52. The molecule has 0 unspecified atom stereocenters. The van der Waals surface area contributed by atoms with Gasteiger partial charge in [0.15, 0.2) is 15.5 Å². The van der Waals surface area contributed by atoms with Crippen molar-refractivity contribution in [1.82, 2.24) is 14.8 Å². The maximum atomic E-state index is 11.9. The monoisotopic (exact) mass is 268 g/mol. The summed E-state index contributed by atoms with van der Waals surface area (Å²) >= 11 is 0. The molecule has 2 aromatic rings. The highest BCUT2D eigenvalue weighted by atomic mass is 32.2. The highest BCUT2D eigenvalue weighted by molar-refractivity contribution is 7.91. The Morgan fingerprint density at radius 3 is 2.67 bits per heavy atom. The molecule has 0 aliphatic carbocycles. The molecule has 2 heterocycles. The summed E-state index contributed by atoms with van der Waals surface area (Å²) in [5, 5.41) is 4.87. The van der Waals surface area contributed by atoms with E-state index in [2.05, 4.69) is 10.1 Å². The maximum Gasteiger partial charge on any atom is 0.181 e. The molecule has 0 aliphatic heterocycles. The Kier molecular flexibility index (Phi) is 3.02. The van der Waals surface area contributed by atoms with Gasteiger partial charge in [0, 0.05) is 11.4 Å². The fraction of sp³-hybridized carbons (Fsp3) is 0.455. The summed E-state index contributed by atoms with van der Waals surface area (Å²) in [7, 11) is -3.36. The van der Waals surface area contributed by atoms with Crippen LogP contribution in [0.2, 0.25) is 0 Å². The quantitative estimate of drug-likeness (QED) is 0.908. The minimum Gasteiger partial charge on any atom is -0.383 e. The average Bonchev–Trinajstić information content (AvgIpc) is 2.70. The van der Waals surface area contributed by atoms with Gasteiger partial charge in [-0.25, -0.2) is 18.1 Å². The van der Waals surface area contributed by atoms with Crippen LogP contribution in [0.25, 0.3) is 11.0 Å². The van der Waals surface area contributed by atoms with Gasteiger partial charge in [-0.15, -0.1) is 0 Å². The largest absolute Gasteiger partial charge is 0.383 e. The molecule has 2 aromatic heterocycles. The van der Waals surface area contributed by atoms with Crippen LogP contribution >= 0.6 is 0 Å². The Bertz CT molecular complexity index is 688. The van der Waals surface area contributed by atoms with Gasteiger partial charge in [0.1, 0.15) is 10.7 Å². The van der Waals surface area contributed by atoms with E-state index in [0.717, 1.165) is 0 Å². The molecule has 98 valence electrons. The summed E-state index contributed by atoms with van der Waals surface area (Å²) in [5.41, 5.74) is 6.35. The van der Waals surface area contributed by atoms with Crippen LogP contribution in [0.3, 0.4) is 0 Å². The summed E-state index contributed by atoms with van der Waals surface area (Å²) in [4.78, 5) is 4.25. The van der Waals surface area contributed by atoms with Crippen molar-refractivity contribution in [2.24, 2.45) is 0 Å². The standard InChI is InChI=1S/C11H16N4O2S/c1-4-18(16,17)9-5-8-6-13-15(7(2)3)11(8)14-10(9)12/h5-7H,4H2,1-3H3,(H2,12,14). The van der Waals surface area contributed by atoms with Gasteiger partial charge in [0.2, 0.25) is 0 Å². The summed E-state index contributed by atoms with van der Waals surface area (Å²) in [6.07, 6.45) is 1.61. The zero-order chi connectivity index (χ0) is 13.5. The van der Waals surface area contributed by atoms with Crippen molar-refractivity contribution in [2.75, 3.05) is 11.5 Å². The van der Waals surface area contributed by atoms with Crippen molar-refractivity contribution in [3.05, 3.63) is 12.3 Å². The van der Waals surface area contributed by atoms with Crippen LogP contribution in [0.15, 0.2) is 17.2 Å². The second kappa shape index (κ2) is 4.24. The molecule has 0 aliphatic rings. The third-order valence-electron chi connectivity index (χ3n) is 2.77. The number of hydrogen-bond acceptors (Lipinski definition) is 5. The van der Waals surface area contributed by atoms with Crippen molar-refractivity contribution in [1.29, 1.82) is 0 Å². The number of hydrogen-bond donors (Lipinski definition) is 1. The number of sulfone groups is 1. The van der Waals surface area contributed by atoms with Gasteiger partial charge in [0.25, 0.3) is 0 Å². The van der Waals surface area contributed by atoms with Gasteiger partial charge in [-0.05, 0) is 19.9 Å². The first-order chi connectivity index (χ1) is 8.36. The molecular weight excluding hydrogens is 252 g/mol. The molecule has 0 saturated carbocycles. The fourth-order valence-electron chi connectivity index (χ4n) is 1.75. The van der Waals surface area contributed by atoms with E-state index in [4.69, 9.17) is 5.73 Å². The first kappa shape index (κ1) is 12.8. The molecule has 0 radical (unpaired) electrons. The van der Waals surface area contributed by atoms with E-state index < -0.39 is 9.84 Å². The zero-order valence-electron chi connectivity index (χ0n) is 10.6. The van der Waals surface area contributed by atoms with Crippen molar-refractivity contribution in [2.45, 2.75) is 31.7 Å². The number of nitrogens with two attached hydrogens (primary N) is 1. The second-order valence-corrected chi connectivity index (χ2v) is 6.62. The molecule has 0 aromatic carbocycles. The third kappa shape index (κ3) is 1.94. The Morgan fingerprint density at radius 1 is 1.44 bits per heavy atom. The van der Waals surface area contributed by atoms with E-state index in [1.54, 1.807) is 23.9 Å². The van der Waals surface area contributed by atoms with E-state index in [0.29, 0.717) is 11.0 Å². The summed E-state index contributed by atoms with van der Waals surface area (Å²) < 4.78 is 25.4. The van der Waals surface area contributed by atoms with E-state index in [9.17, 15) is 8.42 Å². The van der Waals surface area contributed by atoms with Crippen molar-refractivity contribution in [3.63, 3.8) is 0 Å². The molecule has 0 saturated heterocycles. The molecule has 6 nitrogen and oxygen atoms in total. The van der Waals surface area contributed by atoms with Crippen molar-refractivity contribution in [3.8, 4) is 0 Å². The molecule has 2 N–H and O–H groups in total. The van der Waals surface area contributed by atoms with Crippen LogP contribution in [0.4, 0.5) is 5.82 Å². The predicted molar refractivity (Wildman–Crippen MR) is 70.1 cm³/mol. The van der Waals surface area contributed by atoms with Gasteiger partial charge in [-0.3, -0.25) is 0 Å². The lowest BCUT2D eigenvalue weighted by Crippen LogP contribution is -2.10. The lowest BCUT2D eigenvalue weighted by atomic mass is 10.3. The van der Waals surface area contributed by atoms with Gasteiger partial charge in [-0.2, -0.15) is 5.10 Å². The van der Waals surface area contributed by atoms with E-state index in [-0.39, 0.29) is 22.5 Å². The first-order valence-electron chi connectivity index (χ1n) is 5.73. The van der Waals surface area contributed by atoms with Crippen molar-refractivity contribution >= 4 is 26.7 Å². The maximum absolute atomic E-state index is 11.9. The highest BCUT2D eigenvalue weighted by Crippen LogP contribution is 2.24. The molecule has 0 spiro atoms. The number of aromatic nitrogens is 3. The fourth-order valence-corrected chi connectivity index (χ4v) is 2.74. The van der Waals surface area contributed by atoms with Crippen LogP contribution < -0.4 is 5.73 Å². The number of nitrogen functional groups attached to an aromatic ring is 1. The molecule has 18 heavy (non-hydrogen) atoms. The Balaban J connectivity index is 2.73. The minimum atomic E-state index is -3.36. The number of nitrogens with zero attached hydrogens (tertiary/aromatic N) is 3. The Hall–Kier alpha value is -1.63. The summed E-state index contributed by atoms with van der Waals surface area (Å²) in [5.74, 6) is 0.0367. The number of fused-ring (bicyclic) bond motifs is 1. The molecule has 0 fully saturated rings. The molecule has 0 bridgehead atoms. The smallest absolute Gasteiger partial charge is 0.181 e. The number of pyridine rings is 1. The molecule has 2 rings (SSSR count). The second-order valence-electron chi connectivity index (χ2n) is 4.37. The SMILES string of the molecule is CCS(=O)(=O)c1cc2cnn(C(C)C)c2nc1N. The molecule has 7 heteroatoms. The predicted octanol–water partition coefficient (Wildman–Crippen LogP) is 1.39. The Morgan fingerprint density at radius 2 is 2.11 bits per heavy atom. The lowest BCUT2D eigenvalue weighted by molar-refractivity contribution is 0.546. The average molecular weight is 268 g/mol. The molecule has 0 amide bonds. The van der Waals surface area contributed by atoms with Crippen LogP contribution in [-0.4, -0.2) is 28.9 Å². The lowest BCUT2D eigenvalue weighted by Gasteiger charge is -2.08. The summed E-state index contributed by atoms with van der Waals surface area (Å²) in [6.45, 7) is 5.53. The van der Waals surface area contributed by atoms with E-state index >= 15 is 0 Å². The van der Waals surface area contributed by atoms with Crippen molar-refractivity contribution < 1.29 is 8.42 Å². The van der Waals surface area contributed by atoms with E-state index in [1.807, 2.05) is 13.8 Å². The molecular formula is C11H16N4O2S. The van der Waals surface area contributed by atoms with Crippen LogP contribution in [-0.2, 0) is 9.84 Å². The Labute approximate surface area is 106 Å². The topological polar surface area (TPSA) is 90.9 Å². The molecule has 0 atom stereocenters. The van der Waals surface area contributed by atoms with Gasteiger partial charge in [0.05, 0.1) is 11.9 Å². The zero-order valence-corrected chi connectivity index (χ0v) is 11.4. The number of anilines is 1. The highest BCUT2D eigenvalue weighted by Gasteiger charge is 2.19. The minimum absolute atomic E-state index is 0.00268. The van der Waals surface area contributed by atoms with Crippen LogP contribution in [0.5, 0.6) is 0 Å². The van der Waals surface area contributed by atoms with Gasteiger partial charge >= 0.3 is 0 Å². The first-order valence-corrected chi connectivity index (χ1v) is 7.38. The summed E-state index contributed by atoms with van der Waals surface area (Å²) in [6, 6.07) is 1.69. The van der Waals surface area contributed by atoms with Crippen LogP contribution in [0, 0.1) is 0 Å². The number of rotatable bonds is 3. The normalized spacial score (nSPS) is 12.4. The van der Waals surface area contributed by atoms with Gasteiger partial charge < -0.3 is 5.73 Å². The van der Waals surface area contributed by atoms with Crippen LogP contribution in [0.1, 0.15) is 26.8 Å². The van der Waals surface area contributed by atoms with E-state index in [1.165, 1.54) is 0 Å². The van der Waals surface area contributed by atoms with Gasteiger partial charge in [-0.1, -0.05) is 6.92 Å².